The fraction of sp³-hybridized carbons (Fsp3) is 0.167. The summed E-state index contributed by atoms with van der Waals surface area (Å²) in [6.07, 6.45) is 1.42. The van der Waals surface area contributed by atoms with Crippen LogP contribution >= 0.6 is 11.8 Å². The van der Waals surface area contributed by atoms with E-state index in [4.69, 9.17) is 4.74 Å². The second kappa shape index (κ2) is 7.85. The van der Waals surface area contributed by atoms with E-state index in [0.717, 1.165) is 11.1 Å². The Balaban J connectivity index is 1.88. The molecule has 3 rings (SSSR count). The molecule has 0 saturated carbocycles. The molecular formula is C18H18N4O2S. The number of H-pyrrole nitrogens is 1. The van der Waals surface area contributed by atoms with E-state index in [-0.39, 0.29) is 5.91 Å². The molecule has 1 amide bonds. The number of hydrogen-bond acceptors (Lipinski definition) is 5. The lowest BCUT2D eigenvalue weighted by Crippen LogP contribution is -2.19. The highest BCUT2D eigenvalue weighted by Gasteiger charge is 2.24. The minimum absolute atomic E-state index is 0.156. The number of methoxy groups -OCH3 is 1. The van der Waals surface area contributed by atoms with Crippen LogP contribution in [0.1, 0.15) is 16.4 Å². The van der Waals surface area contributed by atoms with Gasteiger partial charge in [-0.3, -0.25) is 9.89 Å². The van der Waals surface area contributed by atoms with Crippen LogP contribution in [-0.4, -0.2) is 28.2 Å². The van der Waals surface area contributed by atoms with Crippen molar-refractivity contribution in [2.75, 3.05) is 12.4 Å². The van der Waals surface area contributed by atoms with Crippen molar-refractivity contribution in [2.45, 2.75) is 17.3 Å². The number of benzene rings is 2. The van der Waals surface area contributed by atoms with Gasteiger partial charge < -0.3 is 10.1 Å². The van der Waals surface area contributed by atoms with Gasteiger partial charge in [-0.15, -0.1) is 0 Å². The Hall–Kier alpha value is -2.80. The zero-order valence-electron chi connectivity index (χ0n) is 13.9. The number of nitrogens with one attached hydrogen (secondary N) is 2. The number of aryl methyl sites for hydroxylation is 1. The highest BCUT2D eigenvalue weighted by atomic mass is 32.2. The molecule has 0 spiro atoms. The van der Waals surface area contributed by atoms with Crippen LogP contribution in [0.5, 0.6) is 5.75 Å². The number of aromatic amines is 1. The fourth-order valence-electron chi connectivity index (χ4n) is 2.38. The quantitative estimate of drug-likeness (QED) is 0.661. The third-order valence-corrected chi connectivity index (χ3v) is 4.72. The van der Waals surface area contributed by atoms with Crippen LogP contribution in [0.4, 0.5) is 5.69 Å². The van der Waals surface area contributed by atoms with Gasteiger partial charge in [0.2, 0.25) is 5.91 Å². The Morgan fingerprint density at radius 2 is 2.04 bits per heavy atom. The van der Waals surface area contributed by atoms with E-state index in [1.54, 1.807) is 7.11 Å². The van der Waals surface area contributed by atoms with Crippen LogP contribution < -0.4 is 10.1 Å². The SMILES string of the molecule is COc1ccc(C)cc1NC(=O)[C@H](Sc1ncn[nH]1)c1ccccc1. The molecule has 0 unspecified atom stereocenters. The molecule has 0 radical (unpaired) electrons. The van der Waals surface area contributed by atoms with E-state index in [2.05, 4.69) is 20.5 Å². The standard InChI is InChI=1S/C18H18N4O2S/c1-12-8-9-15(24-2)14(10-12)21-17(23)16(13-6-4-3-5-7-13)25-18-19-11-20-22-18/h3-11,16H,1-2H3,(H,21,23)(H,19,20,22)/t16-/m1/s1. The third-order valence-electron chi connectivity index (χ3n) is 3.58. The molecule has 0 saturated heterocycles. The minimum Gasteiger partial charge on any atom is -0.495 e. The summed E-state index contributed by atoms with van der Waals surface area (Å²) < 4.78 is 5.34. The number of ether oxygens (including phenoxy) is 1. The number of carbonyl (C=O) groups excluding carboxylic acids is 1. The van der Waals surface area contributed by atoms with Gasteiger partial charge in [-0.2, -0.15) is 5.10 Å². The molecule has 0 aliphatic heterocycles. The number of aromatic nitrogens is 3. The first-order valence-corrected chi connectivity index (χ1v) is 8.58. The van der Waals surface area contributed by atoms with Crippen molar-refractivity contribution in [3.63, 3.8) is 0 Å². The molecule has 6 nitrogen and oxygen atoms in total. The van der Waals surface area contributed by atoms with Gasteiger partial charge >= 0.3 is 0 Å². The highest BCUT2D eigenvalue weighted by Crippen LogP contribution is 2.35. The molecule has 3 aromatic rings. The number of nitrogens with zero attached hydrogens (tertiary/aromatic N) is 2. The van der Waals surface area contributed by atoms with Crippen LogP contribution in [0.15, 0.2) is 60.0 Å². The zero-order valence-corrected chi connectivity index (χ0v) is 14.7. The highest BCUT2D eigenvalue weighted by molar-refractivity contribution is 8.00. The van der Waals surface area contributed by atoms with Crippen molar-refractivity contribution in [2.24, 2.45) is 0 Å². The second-order valence-electron chi connectivity index (χ2n) is 5.39. The lowest BCUT2D eigenvalue weighted by Gasteiger charge is -2.17. The lowest BCUT2D eigenvalue weighted by atomic mass is 10.1. The van der Waals surface area contributed by atoms with E-state index in [0.29, 0.717) is 16.6 Å². The number of rotatable bonds is 6. The first-order valence-electron chi connectivity index (χ1n) is 7.70. The molecule has 2 aromatic carbocycles. The molecular weight excluding hydrogens is 336 g/mol. The summed E-state index contributed by atoms with van der Waals surface area (Å²) >= 11 is 1.31. The average Bonchev–Trinajstić information content (AvgIpc) is 3.14. The molecule has 1 heterocycles. The summed E-state index contributed by atoms with van der Waals surface area (Å²) in [5.74, 6) is 0.465. The van der Waals surface area contributed by atoms with E-state index < -0.39 is 5.25 Å². The van der Waals surface area contributed by atoms with Gasteiger partial charge in [0, 0.05) is 0 Å². The maximum atomic E-state index is 13.0. The van der Waals surface area contributed by atoms with Crippen LogP contribution in [0.2, 0.25) is 0 Å². The van der Waals surface area contributed by atoms with E-state index >= 15 is 0 Å². The molecule has 128 valence electrons. The first-order chi connectivity index (χ1) is 12.2. The van der Waals surface area contributed by atoms with Crippen LogP contribution in [0.25, 0.3) is 0 Å². The normalized spacial score (nSPS) is 11.8. The average molecular weight is 354 g/mol. The van der Waals surface area contributed by atoms with Crippen molar-refractivity contribution >= 4 is 23.4 Å². The fourth-order valence-corrected chi connectivity index (χ4v) is 3.28. The molecule has 2 N–H and O–H groups in total. The monoisotopic (exact) mass is 354 g/mol. The van der Waals surface area contributed by atoms with E-state index in [9.17, 15) is 4.79 Å². The minimum atomic E-state index is -0.473. The van der Waals surface area contributed by atoms with Gasteiger partial charge in [0.25, 0.3) is 0 Å². The lowest BCUT2D eigenvalue weighted by molar-refractivity contribution is -0.115. The van der Waals surface area contributed by atoms with Gasteiger partial charge in [-0.05, 0) is 30.2 Å². The van der Waals surface area contributed by atoms with Gasteiger partial charge in [0.15, 0.2) is 5.16 Å². The van der Waals surface area contributed by atoms with Crippen LogP contribution in [0.3, 0.4) is 0 Å². The Kier molecular flexibility index (Phi) is 5.35. The summed E-state index contributed by atoms with van der Waals surface area (Å²) in [4.78, 5) is 17.1. The first kappa shape index (κ1) is 17.0. The predicted octanol–water partition coefficient (Wildman–Crippen LogP) is 3.59. The van der Waals surface area contributed by atoms with E-state index in [1.807, 2.05) is 55.5 Å². The molecule has 0 bridgehead atoms. The summed E-state index contributed by atoms with van der Waals surface area (Å²) in [6, 6.07) is 15.2. The number of hydrogen-bond donors (Lipinski definition) is 2. The van der Waals surface area contributed by atoms with Crippen molar-refractivity contribution in [3.8, 4) is 5.75 Å². The molecule has 1 aromatic heterocycles. The van der Waals surface area contributed by atoms with Crippen molar-refractivity contribution in [1.82, 2.24) is 15.2 Å². The smallest absolute Gasteiger partial charge is 0.242 e. The maximum absolute atomic E-state index is 13.0. The second-order valence-corrected chi connectivity index (χ2v) is 6.49. The Morgan fingerprint density at radius 1 is 1.24 bits per heavy atom. The number of thioether (sulfide) groups is 1. The van der Waals surface area contributed by atoms with Crippen molar-refractivity contribution < 1.29 is 9.53 Å². The Morgan fingerprint density at radius 3 is 2.72 bits per heavy atom. The molecule has 25 heavy (non-hydrogen) atoms. The molecule has 7 heteroatoms. The zero-order chi connectivity index (χ0) is 17.6. The van der Waals surface area contributed by atoms with Crippen LogP contribution in [0, 0.1) is 6.92 Å². The van der Waals surface area contributed by atoms with Gasteiger partial charge in [-0.1, -0.05) is 48.2 Å². The third kappa shape index (κ3) is 4.19. The number of anilines is 1. The molecule has 0 fully saturated rings. The van der Waals surface area contributed by atoms with Crippen molar-refractivity contribution in [3.05, 3.63) is 66.0 Å². The summed E-state index contributed by atoms with van der Waals surface area (Å²) in [6.45, 7) is 1.97. The summed E-state index contributed by atoms with van der Waals surface area (Å²) in [5, 5.41) is 9.70. The van der Waals surface area contributed by atoms with Gasteiger partial charge in [-0.25, -0.2) is 4.98 Å². The summed E-state index contributed by atoms with van der Waals surface area (Å²) in [5.41, 5.74) is 2.56. The topological polar surface area (TPSA) is 79.9 Å². The predicted molar refractivity (Wildman–Crippen MR) is 97.8 cm³/mol. The molecule has 1 atom stereocenters. The Bertz CT molecular complexity index is 838. The Labute approximate surface area is 150 Å². The van der Waals surface area contributed by atoms with Crippen LogP contribution in [-0.2, 0) is 4.79 Å². The van der Waals surface area contributed by atoms with Gasteiger partial charge in [0.05, 0.1) is 12.8 Å². The molecule has 0 aliphatic rings. The summed E-state index contributed by atoms with van der Waals surface area (Å²) in [7, 11) is 1.58. The van der Waals surface area contributed by atoms with Gasteiger partial charge in [0.1, 0.15) is 17.3 Å². The van der Waals surface area contributed by atoms with Crippen molar-refractivity contribution in [1.29, 1.82) is 0 Å². The molecule has 0 aliphatic carbocycles. The largest absolute Gasteiger partial charge is 0.495 e. The van der Waals surface area contributed by atoms with E-state index in [1.165, 1.54) is 18.1 Å². The number of amides is 1. The number of carbonyl (C=O) groups is 1. The maximum Gasteiger partial charge on any atom is 0.242 e.